The number of piperidine rings is 1. The second-order valence-corrected chi connectivity index (χ2v) is 8.88. The van der Waals surface area contributed by atoms with E-state index in [-0.39, 0.29) is 11.9 Å². The number of nitrogens with one attached hydrogen (secondary N) is 2. The number of hydrogen-bond donors (Lipinski definition) is 2. The van der Waals surface area contributed by atoms with Gasteiger partial charge in [-0.25, -0.2) is 4.79 Å². The predicted molar refractivity (Wildman–Crippen MR) is 127 cm³/mol. The average molecular weight is 436 g/mol. The molecule has 1 aliphatic carbocycles. The number of para-hydroxylation sites is 2. The maximum atomic E-state index is 13.2. The zero-order chi connectivity index (χ0) is 22.5. The fourth-order valence-corrected chi connectivity index (χ4v) is 5.07. The highest BCUT2D eigenvalue weighted by Crippen LogP contribution is 2.36. The quantitative estimate of drug-likeness (QED) is 0.634. The first-order chi connectivity index (χ1) is 15.5. The molecule has 1 aliphatic heterocycles. The van der Waals surface area contributed by atoms with Gasteiger partial charge in [-0.2, -0.15) is 0 Å². The van der Waals surface area contributed by atoms with Crippen LogP contribution in [-0.2, 0) is 0 Å². The molecule has 2 N–H and O–H groups in total. The first kappa shape index (κ1) is 22.2. The van der Waals surface area contributed by atoms with E-state index in [1.54, 1.807) is 12.1 Å². The van der Waals surface area contributed by atoms with Gasteiger partial charge >= 0.3 is 6.03 Å². The van der Waals surface area contributed by atoms with Crippen molar-refractivity contribution in [3.05, 3.63) is 53.6 Å². The van der Waals surface area contributed by atoms with E-state index in [9.17, 15) is 9.59 Å². The Labute approximate surface area is 190 Å². The van der Waals surface area contributed by atoms with E-state index < -0.39 is 0 Å². The molecule has 0 aromatic heterocycles. The van der Waals surface area contributed by atoms with Crippen LogP contribution in [0.3, 0.4) is 0 Å². The molecule has 2 aliphatic rings. The number of carbonyl (C=O) groups excluding carboxylic acids is 2. The summed E-state index contributed by atoms with van der Waals surface area (Å²) >= 11 is 0. The number of hydrogen-bond acceptors (Lipinski definition) is 3. The van der Waals surface area contributed by atoms with Crippen molar-refractivity contribution in [2.45, 2.75) is 46.0 Å². The third-order valence-corrected chi connectivity index (χ3v) is 6.73. The van der Waals surface area contributed by atoms with Gasteiger partial charge in [0.25, 0.3) is 5.91 Å². The molecule has 2 fully saturated rings. The van der Waals surface area contributed by atoms with E-state index in [1.165, 1.54) is 25.7 Å². The largest absolute Gasteiger partial charge is 0.492 e. The Bertz CT molecular complexity index is 975. The van der Waals surface area contributed by atoms with E-state index in [2.05, 4.69) is 10.6 Å². The molecule has 4 rings (SSSR count). The maximum absolute atomic E-state index is 13.2. The normalized spacial score (nSPS) is 20.2. The highest BCUT2D eigenvalue weighted by Gasteiger charge is 2.33. The van der Waals surface area contributed by atoms with Crippen molar-refractivity contribution in [1.29, 1.82) is 0 Å². The Kier molecular flexibility index (Phi) is 6.98. The number of urea groups is 1. The number of ether oxygens (including phenoxy) is 1. The zero-order valence-electron chi connectivity index (χ0n) is 19.0. The minimum atomic E-state index is -0.352. The zero-order valence-corrected chi connectivity index (χ0v) is 19.0. The van der Waals surface area contributed by atoms with Gasteiger partial charge in [-0.3, -0.25) is 4.79 Å². The number of amides is 3. The molecule has 2 aromatic rings. The van der Waals surface area contributed by atoms with E-state index in [0.717, 1.165) is 31.0 Å². The molecule has 3 amide bonds. The summed E-state index contributed by atoms with van der Waals surface area (Å²) in [6, 6.07) is 12.5. The number of anilines is 2. The molecule has 2 aromatic carbocycles. The van der Waals surface area contributed by atoms with E-state index >= 15 is 0 Å². The number of fused-ring (bicyclic) bond motifs is 1. The summed E-state index contributed by atoms with van der Waals surface area (Å²) in [5.41, 5.74) is 2.85. The van der Waals surface area contributed by atoms with Gasteiger partial charge in [-0.15, -0.1) is 0 Å². The van der Waals surface area contributed by atoms with E-state index in [4.69, 9.17) is 4.74 Å². The summed E-state index contributed by atoms with van der Waals surface area (Å²) < 4.78 is 5.56. The van der Waals surface area contributed by atoms with Crippen LogP contribution in [0.2, 0.25) is 0 Å². The molecule has 1 saturated carbocycles. The fraction of sp³-hybridized carbons (Fsp3) is 0.462. The van der Waals surface area contributed by atoms with Crippen LogP contribution in [-0.4, -0.2) is 36.5 Å². The van der Waals surface area contributed by atoms with Crippen LogP contribution >= 0.6 is 0 Å². The van der Waals surface area contributed by atoms with Crippen LogP contribution in [0.4, 0.5) is 16.2 Å². The Balaban J connectivity index is 1.39. The lowest BCUT2D eigenvalue weighted by Gasteiger charge is -2.41. The van der Waals surface area contributed by atoms with Crippen molar-refractivity contribution in [2.24, 2.45) is 11.8 Å². The minimum absolute atomic E-state index is 0.105. The Morgan fingerprint density at radius 2 is 1.81 bits per heavy atom. The third-order valence-electron chi connectivity index (χ3n) is 6.73. The second kappa shape index (κ2) is 10.1. The second-order valence-electron chi connectivity index (χ2n) is 8.88. The first-order valence-electron chi connectivity index (χ1n) is 11.7. The van der Waals surface area contributed by atoms with Crippen LogP contribution in [0, 0.1) is 18.8 Å². The molecule has 1 heterocycles. The molecule has 2 atom stereocenters. The first-order valence-corrected chi connectivity index (χ1v) is 11.7. The van der Waals surface area contributed by atoms with Crippen LogP contribution in [0.15, 0.2) is 42.5 Å². The Hall–Kier alpha value is -3.02. The monoisotopic (exact) mass is 435 g/mol. The van der Waals surface area contributed by atoms with Crippen molar-refractivity contribution in [2.75, 3.05) is 30.3 Å². The van der Waals surface area contributed by atoms with Gasteiger partial charge in [0.2, 0.25) is 0 Å². The van der Waals surface area contributed by atoms with Gasteiger partial charge in [-0.05, 0) is 74.4 Å². The summed E-state index contributed by atoms with van der Waals surface area (Å²) in [6.45, 7) is 6.08. The lowest BCUT2D eigenvalue weighted by Crippen LogP contribution is -2.44. The SMILES string of the molecule is CCOc1ccccc1NC(=O)Nc1ccc(C(=O)N2CC[C@H]3CCCCC3C2)c(C)c1. The molecular weight excluding hydrogens is 402 g/mol. The lowest BCUT2D eigenvalue weighted by molar-refractivity contribution is 0.0520. The minimum Gasteiger partial charge on any atom is -0.492 e. The van der Waals surface area contributed by atoms with Crippen LogP contribution < -0.4 is 15.4 Å². The number of rotatable bonds is 5. The smallest absolute Gasteiger partial charge is 0.323 e. The lowest BCUT2D eigenvalue weighted by atomic mass is 9.75. The molecule has 0 bridgehead atoms. The van der Waals surface area contributed by atoms with Gasteiger partial charge in [0.15, 0.2) is 0 Å². The molecule has 0 radical (unpaired) electrons. The van der Waals surface area contributed by atoms with Crippen molar-refractivity contribution in [3.63, 3.8) is 0 Å². The third kappa shape index (κ3) is 5.06. The van der Waals surface area contributed by atoms with Crippen molar-refractivity contribution >= 4 is 23.3 Å². The van der Waals surface area contributed by atoms with E-state index in [0.29, 0.717) is 35.2 Å². The molecule has 6 nitrogen and oxygen atoms in total. The molecule has 1 unspecified atom stereocenters. The fourth-order valence-electron chi connectivity index (χ4n) is 5.07. The standard InChI is InChI=1S/C26H33N3O3/c1-3-32-24-11-7-6-10-23(24)28-26(31)27-21-12-13-22(18(2)16-21)25(30)29-15-14-19-8-4-5-9-20(19)17-29/h6-7,10-13,16,19-20H,3-5,8-9,14-15,17H2,1-2H3,(H2,27,28,31)/t19-,20?/m1/s1. The highest BCUT2D eigenvalue weighted by atomic mass is 16.5. The summed E-state index contributed by atoms with van der Waals surface area (Å²) in [5, 5.41) is 5.68. The van der Waals surface area contributed by atoms with Crippen molar-refractivity contribution < 1.29 is 14.3 Å². The number of aryl methyl sites for hydroxylation is 1. The van der Waals surface area contributed by atoms with Gasteiger partial charge in [0, 0.05) is 24.3 Å². The van der Waals surface area contributed by atoms with Gasteiger partial charge < -0.3 is 20.3 Å². The average Bonchev–Trinajstić information content (AvgIpc) is 2.80. The summed E-state index contributed by atoms with van der Waals surface area (Å²) in [6.07, 6.45) is 6.33. The summed E-state index contributed by atoms with van der Waals surface area (Å²) in [7, 11) is 0. The number of benzene rings is 2. The molecule has 6 heteroatoms. The van der Waals surface area contributed by atoms with Crippen molar-refractivity contribution in [3.8, 4) is 5.75 Å². The molecule has 170 valence electrons. The number of likely N-dealkylation sites (tertiary alicyclic amines) is 1. The maximum Gasteiger partial charge on any atom is 0.323 e. The Morgan fingerprint density at radius 1 is 1.03 bits per heavy atom. The topological polar surface area (TPSA) is 70.7 Å². The van der Waals surface area contributed by atoms with Crippen molar-refractivity contribution in [1.82, 2.24) is 4.90 Å². The summed E-state index contributed by atoms with van der Waals surface area (Å²) in [4.78, 5) is 27.7. The van der Waals surface area contributed by atoms with Crippen LogP contribution in [0.25, 0.3) is 0 Å². The number of nitrogens with zero attached hydrogens (tertiary/aromatic N) is 1. The van der Waals surface area contributed by atoms with Gasteiger partial charge in [0.05, 0.1) is 12.3 Å². The number of carbonyl (C=O) groups is 2. The van der Waals surface area contributed by atoms with E-state index in [1.807, 2.05) is 49.1 Å². The van der Waals surface area contributed by atoms with Crippen LogP contribution in [0.5, 0.6) is 5.75 Å². The predicted octanol–water partition coefficient (Wildman–Crippen LogP) is 5.69. The molecule has 0 spiro atoms. The molecular formula is C26H33N3O3. The summed E-state index contributed by atoms with van der Waals surface area (Å²) in [5.74, 6) is 2.19. The molecule has 32 heavy (non-hydrogen) atoms. The Morgan fingerprint density at radius 3 is 2.59 bits per heavy atom. The highest BCUT2D eigenvalue weighted by molar-refractivity contribution is 6.01. The van der Waals surface area contributed by atoms with Crippen LogP contribution in [0.1, 0.15) is 54.9 Å². The van der Waals surface area contributed by atoms with Gasteiger partial charge in [0.1, 0.15) is 5.75 Å². The molecule has 1 saturated heterocycles. The van der Waals surface area contributed by atoms with Gasteiger partial charge in [-0.1, -0.05) is 31.4 Å².